The Morgan fingerprint density at radius 2 is 2.16 bits per heavy atom. The van der Waals surface area contributed by atoms with Gasteiger partial charge in [-0.05, 0) is 31.5 Å². The van der Waals surface area contributed by atoms with Crippen LogP contribution in [0.25, 0.3) is 0 Å². The second-order valence-electron chi connectivity index (χ2n) is 4.95. The van der Waals surface area contributed by atoms with Crippen LogP contribution in [-0.2, 0) is 11.3 Å². The van der Waals surface area contributed by atoms with E-state index in [9.17, 15) is 4.79 Å². The predicted octanol–water partition coefficient (Wildman–Crippen LogP) is 2.47. The fourth-order valence-electron chi connectivity index (χ4n) is 2.16. The van der Waals surface area contributed by atoms with Gasteiger partial charge in [0.1, 0.15) is 6.54 Å². The van der Waals surface area contributed by atoms with Gasteiger partial charge in [-0.2, -0.15) is 0 Å². The summed E-state index contributed by atoms with van der Waals surface area (Å²) in [4.78, 5) is 11.7. The first kappa shape index (κ1) is 15.8. The van der Waals surface area contributed by atoms with E-state index in [4.69, 9.17) is 0 Å². The van der Waals surface area contributed by atoms with Gasteiger partial charge in [0, 0.05) is 25.0 Å². The first-order valence-electron chi connectivity index (χ1n) is 7.30. The van der Waals surface area contributed by atoms with E-state index in [1.165, 1.54) is 5.56 Å². The van der Waals surface area contributed by atoms with Gasteiger partial charge in [-0.15, -0.1) is 0 Å². The number of carbonyl (C=O) groups is 1. The smallest absolute Gasteiger partial charge is 0.239 e. The van der Waals surface area contributed by atoms with Gasteiger partial charge in [0.2, 0.25) is 5.91 Å². The van der Waals surface area contributed by atoms with E-state index in [0.29, 0.717) is 12.6 Å². The summed E-state index contributed by atoms with van der Waals surface area (Å²) in [7, 11) is 1.98. The quantitative estimate of drug-likeness (QED) is 0.674. The van der Waals surface area contributed by atoms with E-state index in [2.05, 4.69) is 36.7 Å². The highest BCUT2D eigenvalue weighted by Crippen LogP contribution is 2.18. The Morgan fingerprint density at radius 3 is 2.79 bits per heavy atom. The highest BCUT2D eigenvalue weighted by atomic mass is 16.1. The fraction of sp³-hybridized carbons (Fsp3) is 0.667. The van der Waals surface area contributed by atoms with E-state index in [0.717, 1.165) is 32.2 Å². The maximum atomic E-state index is 11.7. The third kappa shape index (κ3) is 5.47. The van der Waals surface area contributed by atoms with E-state index >= 15 is 0 Å². The minimum absolute atomic E-state index is 0.0899. The molecule has 0 spiro atoms. The average Bonchev–Trinajstić information content (AvgIpc) is 2.84. The predicted molar refractivity (Wildman–Crippen MR) is 79.1 cm³/mol. The first-order chi connectivity index (χ1) is 9.21. The summed E-state index contributed by atoms with van der Waals surface area (Å²) in [5.74, 6) is 0.0899. The maximum absolute atomic E-state index is 11.7. The minimum Gasteiger partial charge on any atom is -0.355 e. The zero-order chi connectivity index (χ0) is 14.1. The highest BCUT2D eigenvalue weighted by molar-refractivity contribution is 5.75. The highest BCUT2D eigenvalue weighted by Gasteiger charge is 2.10. The van der Waals surface area contributed by atoms with Crippen molar-refractivity contribution in [3.63, 3.8) is 0 Å². The average molecular weight is 265 g/mol. The molecule has 0 aliphatic rings. The number of aromatic nitrogens is 1. The summed E-state index contributed by atoms with van der Waals surface area (Å²) in [6, 6.07) is 2.48. The normalized spacial score (nSPS) is 12.4. The number of nitrogens with zero attached hydrogens (tertiary/aromatic N) is 1. The number of nitrogens with one attached hydrogen (secondary N) is 2. The van der Waals surface area contributed by atoms with E-state index in [-0.39, 0.29) is 5.91 Å². The molecule has 0 saturated heterocycles. The van der Waals surface area contributed by atoms with Crippen molar-refractivity contribution in [2.75, 3.05) is 13.6 Å². The van der Waals surface area contributed by atoms with Gasteiger partial charge in [0.15, 0.2) is 0 Å². The molecule has 4 nitrogen and oxygen atoms in total. The van der Waals surface area contributed by atoms with Crippen LogP contribution in [-0.4, -0.2) is 24.1 Å². The molecule has 1 rings (SSSR count). The van der Waals surface area contributed by atoms with Crippen LogP contribution < -0.4 is 10.6 Å². The molecule has 108 valence electrons. The van der Waals surface area contributed by atoms with Crippen molar-refractivity contribution in [2.24, 2.45) is 0 Å². The molecular weight excluding hydrogens is 238 g/mol. The number of carbonyl (C=O) groups excluding carboxylic acids is 1. The molecule has 1 unspecified atom stereocenters. The first-order valence-corrected chi connectivity index (χ1v) is 7.30. The molecule has 0 aliphatic carbocycles. The van der Waals surface area contributed by atoms with E-state index in [1.54, 1.807) is 0 Å². The number of hydrogen-bond acceptors (Lipinski definition) is 2. The van der Waals surface area contributed by atoms with Gasteiger partial charge in [0.05, 0.1) is 0 Å². The molecule has 19 heavy (non-hydrogen) atoms. The lowest BCUT2D eigenvalue weighted by Gasteiger charge is -2.13. The SMILES string of the molecule is CCCCNC(=O)Cn1ccc(C(CCC)NC)c1. The summed E-state index contributed by atoms with van der Waals surface area (Å²) in [5.41, 5.74) is 1.26. The number of amides is 1. The van der Waals surface area contributed by atoms with Crippen LogP contribution in [0.3, 0.4) is 0 Å². The molecule has 1 atom stereocenters. The molecule has 0 aromatic carbocycles. The van der Waals surface area contributed by atoms with Gasteiger partial charge in [-0.3, -0.25) is 4.79 Å². The van der Waals surface area contributed by atoms with Crippen LogP contribution >= 0.6 is 0 Å². The maximum Gasteiger partial charge on any atom is 0.239 e. The molecule has 2 N–H and O–H groups in total. The van der Waals surface area contributed by atoms with Crippen LogP contribution in [0.1, 0.15) is 51.1 Å². The zero-order valence-corrected chi connectivity index (χ0v) is 12.4. The van der Waals surface area contributed by atoms with Crippen LogP contribution in [0.5, 0.6) is 0 Å². The Morgan fingerprint density at radius 1 is 1.37 bits per heavy atom. The number of hydrogen-bond donors (Lipinski definition) is 2. The molecular formula is C15H27N3O. The number of unbranched alkanes of at least 4 members (excludes halogenated alkanes) is 1. The van der Waals surface area contributed by atoms with E-state index < -0.39 is 0 Å². The lowest BCUT2D eigenvalue weighted by molar-refractivity contribution is -0.121. The molecule has 4 heteroatoms. The van der Waals surface area contributed by atoms with Gasteiger partial charge in [0.25, 0.3) is 0 Å². The van der Waals surface area contributed by atoms with E-state index in [1.807, 2.05) is 17.8 Å². The lowest BCUT2D eigenvalue weighted by atomic mass is 10.1. The molecule has 1 heterocycles. The van der Waals surface area contributed by atoms with Crippen molar-refractivity contribution in [1.29, 1.82) is 0 Å². The lowest BCUT2D eigenvalue weighted by Crippen LogP contribution is -2.28. The Labute approximate surface area is 116 Å². The van der Waals surface area contributed by atoms with Crippen molar-refractivity contribution < 1.29 is 4.79 Å². The van der Waals surface area contributed by atoms with Crippen LogP contribution in [0.4, 0.5) is 0 Å². The molecule has 0 saturated carbocycles. The largest absolute Gasteiger partial charge is 0.355 e. The van der Waals surface area contributed by atoms with Crippen LogP contribution in [0.15, 0.2) is 18.5 Å². The molecule has 0 bridgehead atoms. The van der Waals surface area contributed by atoms with Gasteiger partial charge in [-0.1, -0.05) is 26.7 Å². The molecule has 0 fully saturated rings. The molecule has 0 aliphatic heterocycles. The Bertz CT molecular complexity index is 373. The Kier molecular flexibility index (Phi) is 7.26. The topological polar surface area (TPSA) is 46.1 Å². The Hall–Kier alpha value is -1.29. The minimum atomic E-state index is 0.0899. The van der Waals surface area contributed by atoms with Crippen molar-refractivity contribution in [3.05, 3.63) is 24.0 Å². The van der Waals surface area contributed by atoms with Crippen molar-refractivity contribution >= 4 is 5.91 Å². The number of rotatable bonds is 9. The van der Waals surface area contributed by atoms with Crippen LogP contribution in [0.2, 0.25) is 0 Å². The second kappa shape index (κ2) is 8.75. The molecule has 1 aromatic rings. The summed E-state index contributed by atoms with van der Waals surface area (Å²) in [5, 5.41) is 6.25. The van der Waals surface area contributed by atoms with Crippen molar-refractivity contribution in [3.8, 4) is 0 Å². The van der Waals surface area contributed by atoms with Crippen molar-refractivity contribution in [2.45, 2.75) is 52.1 Å². The van der Waals surface area contributed by atoms with Gasteiger partial charge in [-0.25, -0.2) is 0 Å². The van der Waals surface area contributed by atoms with Crippen LogP contribution in [0, 0.1) is 0 Å². The fourth-order valence-corrected chi connectivity index (χ4v) is 2.16. The standard InChI is InChI=1S/C15H27N3O/c1-4-6-9-17-15(19)12-18-10-8-13(11-18)14(16-3)7-5-2/h8,10-11,14,16H,4-7,9,12H2,1-3H3,(H,17,19). The summed E-state index contributed by atoms with van der Waals surface area (Å²) in [6.45, 7) is 5.49. The molecule has 1 aromatic heterocycles. The second-order valence-corrected chi connectivity index (χ2v) is 4.95. The monoisotopic (exact) mass is 265 g/mol. The summed E-state index contributed by atoms with van der Waals surface area (Å²) >= 11 is 0. The summed E-state index contributed by atoms with van der Waals surface area (Å²) in [6.07, 6.45) is 8.46. The Balaban J connectivity index is 2.47. The van der Waals surface area contributed by atoms with Crippen molar-refractivity contribution in [1.82, 2.24) is 15.2 Å². The summed E-state index contributed by atoms with van der Waals surface area (Å²) < 4.78 is 1.95. The third-order valence-corrected chi connectivity index (χ3v) is 3.28. The molecule has 0 radical (unpaired) electrons. The zero-order valence-electron chi connectivity index (χ0n) is 12.4. The van der Waals surface area contributed by atoms with Gasteiger partial charge >= 0.3 is 0 Å². The third-order valence-electron chi connectivity index (χ3n) is 3.28. The van der Waals surface area contributed by atoms with Gasteiger partial charge < -0.3 is 15.2 Å². The molecule has 1 amide bonds.